The second-order valence-corrected chi connectivity index (χ2v) is 7.44. The number of carboxylic acid groups (broad SMARTS) is 1. The maximum Gasteiger partial charge on any atom is 0.303 e. The molecule has 0 atom stereocenters. The Hall–Kier alpha value is -1.56. The second-order valence-electron chi connectivity index (χ2n) is 6.72. The van der Waals surface area contributed by atoms with Gasteiger partial charge in [0.25, 0.3) is 10.3 Å². The van der Waals surface area contributed by atoms with Crippen molar-refractivity contribution >= 4 is 39.9 Å². The molecule has 0 saturated heterocycles. The maximum atomic E-state index is 10.5. The summed E-state index contributed by atoms with van der Waals surface area (Å²) in [5.74, 6) is -0.747. The molecule has 0 aliphatic carbocycles. The predicted octanol–water partition coefficient (Wildman–Crippen LogP) is 2.13. The van der Waals surface area contributed by atoms with Crippen LogP contribution in [-0.2, 0) is 24.3 Å². The lowest BCUT2D eigenvalue weighted by Gasteiger charge is -2.03. The van der Waals surface area contributed by atoms with Gasteiger partial charge in [0, 0.05) is 12.8 Å². The molecule has 1 aromatic heterocycles. The fourth-order valence-corrected chi connectivity index (χ4v) is 3.67. The van der Waals surface area contributed by atoms with Crippen LogP contribution in [0.4, 0.5) is 0 Å². The molecule has 1 heterocycles. The lowest BCUT2D eigenvalue weighted by atomic mass is 10.1. The van der Waals surface area contributed by atoms with Gasteiger partial charge in [0.15, 0.2) is 0 Å². The van der Waals surface area contributed by atoms with Gasteiger partial charge in [-0.25, -0.2) is 9.13 Å². The molecule has 0 radical (unpaired) electrons. The number of aryl methyl sites for hydroxylation is 3. The average Bonchev–Trinajstić information content (AvgIpc) is 2.93. The summed E-state index contributed by atoms with van der Waals surface area (Å²) in [5.41, 5.74) is 1.26. The van der Waals surface area contributed by atoms with Crippen LogP contribution in [0.15, 0.2) is 48.8 Å². The Kier molecular flexibility index (Phi) is 8.80. The molecule has 150 valence electrons. The van der Waals surface area contributed by atoms with E-state index < -0.39 is 5.97 Å². The Balaban J connectivity index is 0.00000280. The van der Waals surface area contributed by atoms with E-state index in [1.807, 2.05) is 27.6 Å². The average molecular weight is 486 g/mol. The van der Waals surface area contributed by atoms with Gasteiger partial charge < -0.3 is 22.1 Å². The van der Waals surface area contributed by atoms with Gasteiger partial charge in [0.1, 0.15) is 0 Å². The fourth-order valence-electron chi connectivity index (χ4n) is 3.20. The van der Waals surface area contributed by atoms with Crippen molar-refractivity contribution in [3.05, 3.63) is 64.7 Å². The first kappa shape index (κ1) is 22.7. The summed E-state index contributed by atoms with van der Waals surface area (Å²) in [4.78, 5) is 10.5. The molecule has 2 aromatic carbocycles. The molecule has 0 fully saturated rings. The molecule has 28 heavy (non-hydrogen) atoms. The number of halogens is 3. The number of nitrogens with zero attached hydrogens (tertiary/aromatic N) is 2. The van der Waals surface area contributed by atoms with Crippen molar-refractivity contribution < 1.29 is 31.4 Å². The maximum absolute atomic E-state index is 10.5. The molecular formula is C21H23BrCl2N2O2. The Bertz CT molecular complexity index is 943. The molecule has 0 aliphatic heterocycles. The molecule has 0 unspecified atom stereocenters. The van der Waals surface area contributed by atoms with E-state index in [1.54, 1.807) is 0 Å². The standard InChI is InChI=1S/C21H22Cl2N2O2.BrH/c22-20-21(23)25(15-24(20)12-5-1-2-8-19(26)27)13-11-16-9-10-17-6-3-4-7-18(17)14-16;/h3-4,6-7,9-10,14-15H,1-2,5,8,11-13H2;1H. The third-order valence-corrected chi connectivity index (χ3v) is 5.59. The number of rotatable bonds is 9. The highest BCUT2D eigenvalue weighted by molar-refractivity contribution is 6.39. The smallest absolute Gasteiger partial charge is 0.303 e. The third-order valence-electron chi connectivity index (χ3n) is 4.70. The predicted molar refractivity (Wildman–Crippen MR) is 108 cm³/mol. The van der Waals surface area contributed by atoms with Crippen LogP contribution in [0.25, 0.3) is 10.8 Å². The number of aliphatic carboxylic acids is 1. The van der Waals surface area contributed by atoms with Gasteiger partial charge in [-0.05, 0) is 58.8 Å². The van der Waals surface area contributed by atoms with Crippen LogP contribution in [0.3, 0.4) is 0 Å². The van der Waals surface area contributed by atoms with E-state index in [4.69, 9.17) is 28.3 Å². The summed E-state index contributed by atoms with van der Waals surface area (Å²) in [6.07, 6.45) is 5.45. The van der Waals surface area contributed by atoms with E-state index in [0.29, 0.717) is 16.7 Å². The van der Waals surface area contributed by atoms with Crippen LogP contribution >= 0.6 is 23.2 Å². The summed E-state index contributed by atoms with van der Waals surface area (Å²) >= 11 is 12.7. The van der Waals surface area contributed by atoms with Gasteiger partial charge in [-0.15, -0.1) is 0 Å². The summed E-state index contributed by atoms with van der Waals surface area (Å²) < 4.78 is 3.90. The summed E-state index contributed by atoms with van der Waals surface area (Å²) in [6, 6.07) is 14.8. The van der Waals surface area contributed by atoms with Gasteiger partial charge in [0.2, 0.25) is 6.33 Å². The number of carbonyl (C=O) groups is 1. The van der Waals surface area contributed by atoms with Crippen LogP contribution in [0.2, 0.25) is 10.3 Å². The van der Waals surface area contributed by atoms with Crippen LogP contribution in [-0.4, -0.2) is 15.6 Å². The third kappa shape index (κ3) is 5.97. The minimum Gasteiger partial charge on any atom is -1.00 e. The zero-order valence-electron chi connectivity index (χ0n) is 15.5. The molecule has 1 N–H and O–H groups in total. The zero-order valence-corrected chi connectivity index (χ0v) is 18.6. The minimum atomic E-state index is -0.747. The van der Waals surface area contributed by atoms with E-state index in [9.17, 15) is 4.79 Å². The molecule has 0 spiro atoms. The van der Waals surface area contributed by atoms with Gasteiger partial charge in [0.05, 0.1) is 13.1 Å². The van der Waals surface area contributed by atoms with E-state index >= 15 is 0 Å². The number of fused-ring (bicyclic) bond motifs is 1. The number of unbranched alkanes of at least 4 members (excludes halogenated alkanes) is 2. The van der Waals surface area contributed by atoms with Gasteiger partial charge in [-0.3, -0.25) is 4.79 Å². The summed E-state index contributed by atoms with van der Waals surface area (Å²) in [7, 11) is 0. The molecule has 0 saturated carbocycles. The highest BCUT2D eigenvalue weighted by Crippen LogP contribution is 2.20. The number of benzene rings is 2. The van der Waals surface area contributed by atoms with Crippen molar-refractivity contribution in [3.63, 3.8) is 0 Å². The highest BCUT2D eigenvalue weighted by Gasteiger charge is 2.19. The Labute approximate surface area is 185 Å². The van der Waals surface area contributed by atoms with Crippen molar-refractivity contribution in [1.82, 2.24) is 4.57 Å². The van der Waals surface area contributed by atoms with Gasteiger partial charge in [-0.2, -0.15) is 0 Å². The summed E-state index contributed by atoms with van der Waals surface area (Å²) in [6.45, 7) is 1.49. The van der Waals surface area contributed by atoms with Crippen molar-refractivity contribution in [1.29, 1.82) is 0 Å². The topological polar surface area (TPSA) is 46.1 Å². The molecule has 3 aromatic rings. The number of hydrogen-bond acceptors (Lipinski definition) is 1. The van der Waals surface area contributed by atoms with Crippen LogP contribution in [0.1, 0.15) is 31.2 Å². The number of imidazole rings is 1. The van der Waals surface area contributed by atoms with Crippen molar-refractivity contribution in [3.8, 4) is 0 Å². The number of carboxylic acids is 1. The van der Waals surface area contributed by atoms with Gasteiger partial charge >= 0.3 is 5.97 Å². The quantitative estimate of drug-likeness (QED) is 0.372. The van der Waals surface area contributed by atoms with Crippen LogP contribution < -0.4 is 21.5 Å². The Morgan fingerprint density at radius 1 is 1.04 bits per heavy atom. The molecule has 7 heteroatoms. The van der Waals surface area contributed by atoms with Crippen LogP contribution in [0, 0.1) is 0 Å². The molecule has 3 rings (SSSR count). The lowest BCUT2D eigenvalue weighted by Crippen LogP contribution is -3.00. The van der Waals surface area contributed by atoms with Crippen molar-refractivity contribution in [2.45, 2.75) is 45.2 Å². The molecule has 4 nitrogen and oxygen atoms in total. The highest BCUT2D eigenvalue weighted by atomic mass is 79.9. The normalized spacial score (nSPS) is 10.8. The van der Waals surface area contributed by atoms with E-state index in [-0.39, 0.29) is 23.4 Å². The van der Waals surface area contributed by atoms with Crippen molar-refractivity contribution in [2.24, 2.45) is 0 Å². The summed E-state index contributed by atoms with van der Waals surface area (Å²) in [5, 5.41) is 12.2. The molecule has 0 bridgehead atoms. The Morgan fingerprint density at radius 3 is 2.54 bits per heavy atom. The fraction of sp³-hybridized carbons (Fsp3) is 0.333. The largest absolute Gasteiger partial charge is 1.00 e. The number of aromatic nitrogens is 2. The first-order valence-electron chi connectivity index (χ1n) is 9.17. The van der Waals surface area contributed by atoms with E-state index in [2.05, 4.69) is 30.3 Å². The Morgan fingerprint density at radius 2 is 1.79 bits per heavy atom. The van der Waals surface area contributed by atoms with E-state index in [1.165, 1.54) is 16.3 Å². The first-order chi connectivity index (χ1) is 13.0. The van der Waals surface area contributed by atoms with Gasteiger partial charge in [-0.1, -0.05) is 42.5 Å². The molecule has 0 amide bonds. The lowest BCUT2D eigenvalue weighted by molar-refractivity contribution is -0.693. The SMILES string of the molecule is O=C(O)CCCCCn1c[n+](CCc2ccc3ccccc3c2)c(Cl)c1Cl.[Br-]. The van der Waals surface area contributed by atoms with Crippen molar-refractivity contribution in [2.75, 3.05) is 0 Å². The first-order valence-corrected chi connectivity index (χ1v) is 9.93. The monoisotopic (exact) mass is 484 g/mol. The minimum absolute atomic E-state index is 0. The van der Waals surface area contributed by atoms with E-state index in [0.717, 1.165) is 32.4 Å². The van der Waals surface area contributed by atoms with Crippen LogP contribution in [0.5, 0.6) is 0 Å². The number of hydrogen-bond donors (Lipinski definition) is 1. The molecule has 0 aliphatic rings. The zero-order chi connectivity index (χ0) is 19.2. The second kappa shape index (κ2) is 10.8. The molecular weight excluding hydrogens is 463 g/mol.